The van der Waals surface area contributed by atoms with Gasteiger partial charge in [-0.15, -0.1) is 0 Å². The van der Waals surface area contributed by atoms with E-state index in [0.717, 1.165) is 60.6 Å². The van der Waals surface area contributed by atoms with Crippen LogP contribution in [-0.4, -0.2) is 89.1 Å². The highest BCUT2D eigenvalue weighted by molar-refractivity contribution is 7.97. The van der Waals surface area contributed by atoms with Crippen molar-refractivity contribution in [3.8, 4) is 0 Å². The van der Waals surface area contributed by atoms with Gasteiger partial charge in [-0.05, 0) is 63.2 Å². The van der Waals surface area contributed by atoms with E-state index in [9.17, 15) is 0 Å². The Morgan fingerprint density at radius 1 is 0.909 bits per heavy atom. The van der Waals surface area contributed by atoms with Crippen LogP contribution in [0.2, 0.25) is 0 Å². The number of likely N-dealkylation sites (N-methyl/N-ethyl adjacent to an activating group) is 1. The van der Waals surface area contributed by atoms with Gasteiger partial charge >= 0.3 is 0 Å². The summed E-state index contributed by atoms with van der Waals surface area (Å²) in [5.74, 6) is -1.28. The molecule has 0 saturated carbocycles. The fraction of sp³-hybridized carbons (Fsp3) is 0.355. The lowest BCUT2D eigenvalue weighted by Crippen LogP contribution is -2.52. The van der Waals surface area contributed by atoms with Crippen molar-refractivity contribution in [3.63, 3.8) is 0 Å². The van der Waals surface area contributed by atoms with Crippen molar-refractivity contribution in [1.29, 1.82) is 0 Å². The Hall–Kier alpha value is -3.91. The minimum absolute atomic E-state index is 0.0386. The van der Waals surface area contributed by atoms with Crippen LogP contribution in [-0.2, 0) is 0 Å². The summed E-state index contributed by atoms with van der Waals surface area (Å²) in [6.45, 7) is 9.51. The van der Waals surface area contributed by atoms with Gasteiger partial charge in [-0.3, -0.25) is 19.6 Å². The number of aromatic nitrogens is 4. The highest BCUT2D eigenvalue weighted by Gasteiger charge is 2.28. The monoisotopic (exact) mass is 618 g/mol. The van der Waals surface area contributed by atoms with Crippen LogP contribution in [0.5, 0.6) is 0 Å². The summed E-state index contributed by atoms with van der Waals surface area (Å²) >= 11 is 1.40. The largest absolute Gasteiger partial charge is 0.369 e. The summed E-state index contributed by atoms with van der Waals surface area (Å²) in [7, 11) is 3.97. The quantitative estimate of drug-likeness (QED) is 0.214. The van der Waals surface area contributed by atoms with E-state index in [1.54, 1.807) is 36.8 Å². The van der Waals surface area contributed by atoms with E-state index >= 15 is 8.78 Å². The zero-order valence-corrected chi connectivity index (χ0v) is 25.7. The lowest BCUT2D eigenvalue weighted by Gasteiger charge is -2.42. The average Bonchev–Trinajstić information content (AvgIpc) is 3.05. The minimum Gasteiger partial charge on any atom is -0.369 e. The average molecular weight is 619 g/mol. The molecule has 10 nitrogen and oxygen atoms in total. The third kappa shape index (κ3) is 6.32. The molecular formula is C31H36F2N10S. The van der Waals surface area contributed by atoms with Crippen molar-refractivity contribution in [2.24, 2.45) is 0 Å². The van der Waals surface area contributed by atoms with Gasteiger partial charge in [0.05, 0.1) is 27.5 Å². The molecule has 2 aliphatic heterocycles. The second kappa shape index (κ2) is 13.4. The Labute approximate surface area is 260 Å². The van der Waals surface area contributed by atoms with Crippen LogP contribution < -0.4 is 20.3 Å². The molecule has 0 amide bonds. The predicted molar refractivity (Wildman–Crippen MR) is 174 cm³/mol. The third-order valence-electron chi connectivity index (χ3n) is 8.26. The molecule has 4 heterocycles. The van der Waals surface area contributed by atoms with E-state index < -0.39 is 11.6 Å². The number of nitrogens with one attached hydrogen (secondary N) is 3. The SMILES string of the molecule is C=Cc1cnc(Nc2ccc(N3CCC(N4CCN(C)CC4)CC3)c(F)c2F)nc1Nc1ccc2nccnc2c1SNC. The third-order valence-corrected chi connectivity index (χ3v) is 9.08. The first-order valence-electron chi connectivity index (χ1n) is 14.7. The Kier molecular flexibility index (Phi) is 9.17. The first kappa shape index (κ1) is 30.1. The standard InChI is InChI=1S/C31H36F2N10S/c1-4-20-19-37-31(40-30(20)38-24-6-5-23-28(29(24)44-34-2)36-12-11-35-23)39-22-7-8-25(27(33)26(22)32)43-13-9-21(10-14-43)42-17-15-41(3)16-18-42/h4-8,11-12,19,21,34H,1,9-10,13-18H2,2-3H3,(H2,37,38,39,40). The summed E-state index contributed by atoms with van der Waals surface area (Å²) in [5, 5.41) is 6.19. The molecule has 0 bridgehead atoms. The molecule has 2 fully saturated rings. The zero-order valence-electron chi connectivity index (χ0n) is 24.9. The van der Waals surface area contributed by atoms with Gasteiger partial charge < -0.3 is 20.4 Å². The fourth-order valence-electron chi connectivity index (χ4n) is 5.80. The molecule has 3 N–H and O–H groups in total. The fourth-order valence-corrected chi connectivity index (χ4v) is 6.49. The first-order chi connectivity index (χ1) is 21.4. The molecule has 6 rings (SSSR count). The minimum atomic E-state index is -0.963. The predicted octanol–water partition coefficient (Wildman–Crippen LogP) is 5.27. The smallest absolute Gasteiger partial charge is 0.229 e. The Morgan fingerprint density at radius 3 is 2.41 bits per heavy atom. The number of benzene rings is 2. The van der Waals surface area contributed by atoms with Crippen LogP contribution in [0.15, 0.2) is 54.3 Å². The lowest BCUT2D eigenvalue weighted by atomic mass is 10.0. The van der Waals surface area contributed by atoms with Crippen molar-refractivity contribution in [2.45, 2.75) is 23.8 Å². The van der Waals surface area contributed by atoms with Crippen LogP contribution in [0.25, 0.3) is 17.1 Å². The summed E-state index contributed by atoms with van der Waals surface area (Å²) < 4.78 is 33.9. The van der Waals surface area contributed by atoms with Crippen molar-refractivity contribution in [3.05, 3.63) is 66.6 Å². The summed E-state index contributed by atoms with van der Waals surface area (Å²) in [6.07, 6.45) is 8.35. The van der Waals surface area contributed by atoms with E-state index in [-0.39, 0.29) is 17.3 Å². The molecule has 2 aromatic carbocycles. The molecule has 0 spiro atoms. The van der Waals surface area contributed by atoms with E-state index in [4.69, 9.17) is 0 Å². The number of hydrogen-bond acceptors (Lipinski definition) is 11. The first-order valence-corrected chi connectivity index (χ1v) is 15.5. The van der Waals surface area contributed by atoms with E-state index in [1.165, 1.54) is 11.9 Å². The molecule has 2 aliphatic rings. The number of hydrogen-bond donors (Lipinski definition) is 3. The molecular weight excluding hydrogens is 582 g/mol. The van der Waals surface area contributed by atoms with Gasteiger partial charge in [0.15, 0.2) is 11.6 Å². The topological polar surface area (TPSA) is 97.4 Å². The number of rotatable bonds is 9. The summed E-state index contributed by atoms with van der Waals surface area (Å²) in [4.78, 5) is 25.4. The Balaban J connectivity index is 1.18. The molecule has 0 radical (unpaired) electrons. The Bertz CT molecular complexity index is 1640. The number of piperidine rings is 1. The van der Waals surface area contributed by atoms with Gasteiger partial charge in [-0.1, -0.05) is 12.7 Å². The van der Waals surface area contributed by atoms with Crippen LogP contribution in [0.3, 0.4) is 0 Å². The molecule has 4 aromatic rings. The molecule has 0 aliphatic carbocycles. The molecule has 2 saturated heterocycles. The molecule has 0 atom stereocenters. The van der Waals surface area contributed by atoms with Crippen LogP contribution in [0.1, 0.15) is 18.4 Å². The number of piperazine rings is 1. The van der Waals surface area contributed by atoms with Gasteiger partial charge in [0.2, 0.25) is 5.95 Å². The van der Waals surface area contributed by atoms with E-state index in [2.05, 4.69) is 58.7 Å². The summed E-state index contributed by atoms with van der Waals surface area (Å²) in [6, 6.07) is 7.42. The number of fused-ring (bicyclic) bond motifs is 1. The second-order valence-corrected chi connectivity index (χ2v) is 12.0. The maximum Gasteiger partial charge on any atom is 0.229 e. The maximum atomic E-state index is 15.4. The van der Waals surface area contributed by atoms with Crippen LogP contribution in [0, 0.1) is 11.6 Å². The van der Waals surface area contributed by atoms with Crippen molar-refractivity contribution < 1.29 is 8.78 Å². The Morgan fingerprint density at radius 2 is 1.66 bits per heavy atom. The number of anilines is 5. The second-order valence-electron chi connectivity index (χ2n) is 10.9. The summed E-state index contributed by atoms with van der Waals surface area (Å²) in [5.41, 5.74) is 3.10. The van der Waals surface area contributed by atoms with Crippen molar-refractivity contribution in [1.82, 2.24) is 34.5 Å². The van der Waals surface area contributed by atoms with E-state index in [1.807, 2.05) is 24.1 Å². The van der Waals surface area contributed by atoms with Crippen LogP contribution in [0.4, 0.5) is 37.6 Å². The van der Waals surface area contributed by atoms with E-state index in [0.29, 0.717) is 30.5 Å². The zero-order chi connectivity index (χ0) is 30.6. The van der Waals surface area contributed by atoms with Crippen LogP contribution >= 0.6 is 11.9 Å². The molecule has 13 heteroatoms. The van der Waals surface area contributed by atoms with Crippen molar-refractivity contribution in [2.75, 3.05) is 68.9 Å². The number of halogens is 2. The maximum absolute atomic E-state index is 15.4. The number of nitrogens with zero attached hydrogens (tertiary/aromatic N) is 7. The highest BCUT2D eigenvalue weighted by atomic mass is 32.2. The lowest BCUT2D eigenvalue weighted by molar-refractivity contribution is 0.0981. The van der Waals surface area contributed by atoms with Gasteiger partial charge in [-0.25, -0.2) is 13.8 Å². The molecule has 0 unspecified atom stereocenters. The van der Waals surface area contributed by atoms with Gasteiger partial charge in [0, 0.05) is 69.5 Å². The highest BCUT2D eigenvalue weighted by Crippen LogP contribution is 2.35. The molecule has 44 heavy (non-hydrogen) atoms. The van der Waals surface area contributed by atoms with Gasteiger partial charge in [-0.2, -0.15) is 4.98 Å². The van der Waals surface area contributed by atoms with Crippen molar-refractivity contribution >= 4 is 57.9 Å². The normalized spacial score (nSPS) is 16.8. The van der Waals surface area contributed by atoms with Gasteiger partial charge in [0.25, 0.3) is 0 Å². The molecule has 2 aromatic heterocycles. The van der Waals surface area contributed by atoms with Gasteiger partial charge in [0.1, 0.15) is 11.3 Å². The molecule has 230 valence electrons.